The third-order valence-electron chi connectivity index (χ3n) is 3.20. The summed E-state index contributed by atoms with van der Waals surface area (Å²) < 4.78 is 4.92. The minimum atomic E-state index is -0.00923. The molecule has 0 bridgehead atoms. The van der Waals surface area contributed by atoms with Crippen LogP contribution in [0.5, 0.6) is 6.01 Å². The topological polar surface area (TPSA) is 64.1 Å². The van der Waals surface area contributed by atoms with Crippen molar-refractivity contribution in [2.75, 3.05) is 7.11 Å². The Hall–Kier alpha value is -2.43. The van der Waals surface area contributed by atoms with Crippen LogP contribution in [0.15, 0.2) is 36.7 Å². The fraction of sp³-hybridized carbons (Fsp3) is 0.267. The molecule has 0 saturated heterocycles. The summed E-state index contributed by atoms with van der Waals surface area (Å²) in [5.74, 6) is -0.00923. The van der Waals surface area contributed by atoms with Gasteiger partial charge in [-0.1, -0.05) is 12.1 Å². The largest absolute Gasteiger partial charge is 0.467 e. The van der Waals surface area contributed by atoms with Crippen LogP contribution in [-0.2, 0) is 0 Å². The summed E-state index contributed by atoms with van der Waals surface area (Å²) in [4.78, 5) is 20.0. The third-order valence-corrected chi connectivity index (χ3v) is 3.20. The second-order valence-electron chi connectivity index (χ2n) is 4.78. The van der Waals surface area contributed by atoms with Crippen molar-refractivity contribution in [2.45, 2.75) is 18.9 Å². The summed E-state index contributed by atoms with van der Waals surface area (Å²) in [6.45, 7) is 0. The van der Waals surface area contributed by atoms with Crippen molar-refractivity contribution in [1.82, 2.24) is 15.3 Å². The van der Waals surface area contributed by atoms with Crippen LogP contribution >= 0.6 is 0 Å². The van der Waals surface area contributed by atoms with E-state index in [1.54, 1.807) is 12.4 Å². The molecule has 5 heteroatoms. The number of aromatic nitrogens is 2. The number of amides is 1. The van der Waals surface area contributed by atoms with Crippen molar-refractivity contribution in [1.29, 1.82) is 0 Å². The summed E-state index contributed by atoms with van der Waals surface area (Å²) in [6.07, 6.45) is 5.58. The molecule has 102 valence electrons. The fourth-order valence-corrected chi connectivity index (χ4v) is 1.88. The van der Waals surface area contributed by atoms with E-state index in [4.69, 9.17) is 4.74 Å². The Bertz CT molecular complexity index is 604. The van der Waals surface area contributed by atoms with E-state index in [-0.39, 0.29) is 5.91 Å². The van der Waals surface area contributed by atoms with E-state index in [1.165, 1.54) is 7.11 Å². The minimum Gasteiger partial charge on any atom is -0.467 e. The van der Waals surface area contributed by atoms with Crippen LogP contribution in [0, 0.1) is 0 Å². The van der Waals surface area contributed by atoms with Crippen LogP contribution in [0.2, 0.25) is 0 Å². The zero-order valence-corrected chi connectivity index (χ0v) is 11.2. The third kappa shape index (κ3) is 2.77. The normalized spacial score (nSPS) is 13.8. The van der Waals surface area contributed by atoms with Crippen molar-refractivity contribution in [3.8, 4) is 17.1 Å². The number of methoxy groups -OCH3 is 1. The first kappa shape index (κ1) is 12.6. The van der Waals surface area contributed by atoms with Gasteiger partial charge in [0.05, 0.1) is 7.11 Å². The van der Waals surface area contributed by atoms with Crippen molar-refractivity contribution in [3.63, 3.8) is 0 Å². The average molecular weight is 269 g/mol. The van der Waals surface area contributed by atoms with E-state index in [0.717, 1.165) is 24.0 Å². The van der Waals surface area contributed by atoms with Gasteiger partial charge in [-0.2, -0.15) is 0 Å². The van der Waals surface area contributed by atoms with Gasteiger partial charge < -0.3 is 10.1 Å². The van der Waals surface area contributed by atoms with Crippen LogP contribution in [-0.4, -0.2) is 29.0 Å². The molecule has 1 aromatic heterocycles. The van der Waals surface area contributed by atoms with Crippen LogP contribution in [0.1, 0.15) is 23.2 Å². The summed E-state index contributed by atoms with van der Waals surface area (Å²) in [5, 5.41) is 2.96. The summed E-state index contributed by atoms with van der Waals surface area (Å²) in [7, 11) is 1.53. The zero-order chi connectivity index (χ0) is 13.9. The van der Waals surface area contributed by atoms with Crippen LogP contribution in [0.25, 0.3) is 11.1 Å². The number of carbonyl (C=O) groups is 1. The Morgan fingerprint density at radius 3 is 2.35 bits per heavy atom. The highest BCUT2D eigenvalue weighted by atomic mass is 16.5. The van der Waals surface area contributed by atoms with E-state index < -0.39 is 0 Å². The number of nitrogens with zero attached hydrogens (tertiary/aromatic N) is 2. The highest BCUT2D eigenvalue weighted by Crippen LogP contribution is 2.21. The fourth-order valence-electron chi connectivity index (χ4n) is 1.88. The number of benzene rings is 1. The summed E-state index contributed by atoms with van der Waals surface area (Å²) in [5.41, 5.74) is 2.53. The van der Waals surface area contributed by atoms with E-state index in [2.05, 4.69) is 15.3 Å². The number of ether oxygens (including phenoxy) is 1. The SMILES string of the molecule is COc1ncc(-c2ccc(C(=O)NC3CC3)cc2)cn1. The van der Waals surface area contributed by atoms with E-state index in [0.29, 0.717) is 17.6 Å². The Balaban J connectivity index is 1.75. The smallest absolute Gasteiger partial charge is 0.316 e. The molecule has 1 saturated carbocycles. The van der Waals surface area contributed by atoms with Crippen molar-refractivity contribution < 1.29 is 9.53 Å². The molecular weight excluding hydrogens is 254 g/mol. The molecule has 0 unspecified atom stereocenters. The number of carbonyl (C=O) groups excluding carboxylic acids is 1. The van der Waals surface area contributed by atoms with Gasteiger partial charge in [0, 0.05) is 29.6 Å². The van der Waals surface area contributed by atoms with Crippen LogP contribution in [0.4, 0.5) is 0 Å². The van der Waals surface area contributed by atoms with E-state index >= 15 is 0 Å². The minimum absolute atomic E-state index is 0.00923. The van der Waals surface area contributed by atoms with Gasteiger partial charge in [0.2, 0.25) is 0 Å². The molecule has 0 radical (unpaired) electrons. The van der Waals surface area contributed by atoms with Gasteiger partial charge in [0.25, 0.3) is 5.91 Å². The molecule has 3 rings (SSSR count). The monoisotopic (exact) mass is 269 g/mol. The molecule has 0 spiro atoms. The quantitative estimate of drug-likeness (QED) is 0.922. The zero-order valence-electron chi connectivity index (χ0n) is 11.2. The van der Waals surface area contributed by atoms with Gasteiger partial charge in [-0.05, 0) is 30.5 Å². The molecule has 1 aliphatic rings. The summed E-state index contributed by atoms with van der Waals surface area (Å²) in [6, 6.07) is 8.14. The predicted octanol–water partition coefficient (Wildman–Crippen LogP) is 2.04. The van der Waals surface area contributed by atoms with Gasteiger partial charge in [-0.15, -0.1) is 0 Å². The molecule has 1 fully saturated rings. The average Bonchev–Trinajstić information content (AvgIpc) is 3.31. The Labute approximate surface area is 117 Å². The molecule has 1 heterocycles. The highest BCUT2D eigenvalue weighted by molar-refractivity contribution is 5.95. The second kappa shape index (κ2) is 5.28. The Kier molecular flexibility index (Phi) is 3.33. The number of rotatable bonds is 4. The lowest BCUT2D eigenvalue weighted by Crippen LogP contribution is -2.25. The first-order chi connectivity index (χ1) is 9.76. The van der Waals surface area contributed by atoms with Crippen LogP contribution in [0.3, 0.4) is 0 Å². The van der Waals surface area contributed by atoms with Gasteiger partial charge in [0.15, 0.2) is 0 Å². The number of hydrogen-bond donors (Lipinski definition) is 1. The van der Waals surface area contributed by atoms with Crippen molar-refractivity contribution in [2.24, 2.45) is 0 Å². The molecule has 0 atom stereocenters. The lowest BCUT2D eigenvalue weighted by molar-refractivity contribution is 0.0951. The molecule has 1 aliphatic carbocycles. The predicted molar refractivity (Wildman–Crippen MR) is 74.5 cm³/mol. The Morgan fingerprint density at radius 2 is 1.80 bits per heavy atom. The molecule has 5 nitrogen and oxygen atoms in total. The molecule has 0 aliphatic heterocycles. The maximum absolute atomic E-state index is 11.9. The number of nitrogens with one attached hydrogen (secondary N) is 1. The highest BCUT2D eigenvalue weighted by Gasteiger charge is 2.23. The molecule has 1 aromatic carbocycles. The summed E-state index contributed by atoms with van der Waals surface area (Å²) >= 11 is 0. The van der Waals surface area contributed by atoms with Gasteiger partial charge in [-0.3, -0.25) is 4.79 Å². The first-order valence-corrected chi connectivity index (χ1v) is 6.53. The van der Waals surface area contributed by atoms with E-state index in [9.17, 15) is 4.79 Å². The molecule has 20 heavy (non-hydrogen) atoms. The standard InChI is InChI=1S/C15H15N3O2/c1-20-15-16-8-12(9-17-15)10-2-4-11(5-3-10)14(19)18-13-6-7-13/h2-5,8-9,13H,6-7H2,1H3,(H,18,19). The lowest BCUT2D eigenvalue weighted by Gasteiger charge is -2.05. The maximum Gasteiger partial charge on any atom is 0.316 e. The second-order valence-corrected chi connectivity index (χ2v) is 4.78. The van der Waals surface area contributed by atoms with Gasteiger partial charge in [-0.25, -0.2) is 9.97 Å². The Morgan fingerprint density at radius 1 is 1.15 bits per heavy atom. The maximum atomic E-state index is 11.9. The molecule has 1 amide bonds. The molecule has 1 N–H and O–H groups in total. The van der Waals surface area contributed by atoms with Crippen molar-refractivity contribution >= 4 is 5.91 Å². The molecular formula is C15H15N3O2. The number of hydrogen-bond acceptors (Lipinski definition) is 4. The van der Waals surface area contributed by atoms with E-state index in [1.807, 2.05) is 24.3 Å². The van der Waals surface area contributed by atoms with Crippen molar-refractivity contribution in [3.05, 3.63) is 42.2 Å². The van der Waals surface area contributed by atoms with Gasteiger partial charge in [0.1, 0.15) is 0 Å². The lowest BCUT2D eigenvalue weighted by atomic mass is 10.1. The van der Waals surface area contributed by atoms with Gasteiger partial charge >= 0.3 is 6.01 Å². The van der Waals surface area contributed by atoms with Crippen LogP contribution < -0.4 is 10.1 Å². The molecule has 2 aromatic rings. The first-order valence-electron chi connectivity index (χ1n) is 6.53.